The van der Waals surface area contributed by atoms with Crippen molar-refractivity contribution in [3.63, 3.8) is 0 Å². The molecule has 5 rings (SSSR count). The fraction of sp³-hybridized carbons (Fsp3) is 0.316. The van der Waals surface area contributed by atoms with Crippen LogP contribution >= 0.6 is 0 Å². The first-order valence-corrected chi connectivity index (χ1v) is 9.01. The number of carbonyl (C=O) groups excluding carboxylic acids is 1. The van der Waals surface area contributed by atoms with Crippen LogP contribution in [0.4, 0.5) is 5.69 Å². The predicted octanol–water partition coefficient (Wildman–Crippen LogP) is 2.39. The van der Waals surface area contributed by atoms with E-state index in [1.807, 2.05) is 24.3 Å². The Bertz CT molecular complexity index is 931. The van der Waals surface area contributed by atoms with Gasteiger partial charge in [0, 0.05) is 42.5 Å². The first kappa shape index (κ1) is 15.3. The molecule has 26 heavy (non-hydrogen) atoms. The number of nitrogens with zero attached hydrogens (tertiary/aromatic N) is 3. The summed E-state index contributed by atoms with van der Waals surface area (Å²) in [4.78, 5) is 17.3. The third kappa shape index (κ3) is 2.61. The van der Waals surface area contributed by atoms with Crippen LogP contribution in [0.5, 0.6) is 0 Å². The van der Waals surface area contributed by atoms with E-state index in [9.17, 15) is 4.79 Å². The smallest absolute Gasteiger partial charge is 0.246 e. The molecule has 3 aromatic rings. The second-order valence-electron chi connectivity index (χ2n) is 6.88. The number of rotatable bonds is 3. The fourth-order valence-electron chi connectivity index (χ4n) is 3.75. The summed E-state index contributed by atoms with van der Waals surface area (Å²) in [6.07, 6.45) is 7.34. The van der Waals surface area contributed by atoms with Crippen LogP contribution in [0.15, 0.2) is 36.7 Å². The van der Waals surface area contributed by atoms with Gasteiger partial charge in [-0.1, -0.05) is 12.1 Å². The molecule has 2 aliphatic heterocycles. The van der Waals surface area contributed by atoms with Gasteiger partial charge in [0.15, 0.2) is 0 Å². The molecule has 0 saturated heterocycles. The summed E-state index contributed by atoms with van der Waals surface area (Å²) in [5.41, 5.74) is 4.75. The van der Waals surface area contributed by atoms with E-state index in [0.717, 1.165) is 41.2 Å². The molecule has 0 saturated carbocycles. The van der Waals surface area contributed by atoms with Gasteiger partial charge in [-0.25, -0.2) is 4.98 Å². The van der Waals surface area contributed by atoms with Gasteiger partial charge in [-0.15, -0.1) is 0 Å². The van der Waals surface area contributed by atoms with Crippen LogP contribution in [0, 0.1) is 0 Å². The first-order chi connectivity index (χ1) is 12.8. The van der Waals surface area contributed by atoms with Crippen LogP contribution < -0.4 is 10.6 Å². The van der Waals surface area contributed by atoms with Gasteiger partial charge in [-0.2, -0.15) is 5.10 Å². The minimum atomic E-state index is -0.358. The van der Waals surface area contributed by atoms with Crippen molar-refractivity contribution in [3.05, 3.63) is 53.7 Å². The summed E-state index contributed by atoms with van der Waals surface area (Å²) < 4.78 is 2.25. The number of hydrogen-bond donors (Lipinski definition) is 3. The molecule has 7 heteroatoms. The first-order valence-electron chi connectivity index (χ1n) is 9.01. The van der Waals surface area contributed by atoms with Crippen LogP contribution in [0.2, 0.25) is 0 Å². The molecule has 1 unspecified atom stereocenters. The van der Waals surface area contributed by atoms with Gasteiger partial charge in [0.25, 0.3) is 0 Å². The second-order valence-corrected chi connectivity index (χ2v) is 6.88. The number of aromatic amines is 1. The predicted molar refractivity (Wildman–Crippen MR) is 97.4 cm³/mol. The van der Waals surface area contributed by atoms with Crippen molar-refractivity contribution in [2.24, 2.45) is 0 Å². The van der Waals surface area contributed by atoms with Crippen LogP contribution in [0.25, 0.3) is 11.3 Å². The third-order valence-corrected chi connectivity index (χ3v) is 5.16. The van der Waals surface area contributed by atoms with Crippen molar-refractivity contribution >= 4 is 11.6 Å². The number of anilines is 1. The van der Waals surface area contributed by atoms with E-state index < -0.39 is 0 Å². The van der Waals surface area contributed by atoms with Gasteiger partial charge in [0.05, 0.1) is 17.6 Å². The lowest BCUT2D eigenvalue weighted by atomic mass is 10.1. The van der Waals surface area contributed by atoms with Crippen molar-refractivity contribution in [2.75, 3.05) is 5.32 Å². The molecule has 4 heterocycles. The molecule has 0 radical (unpaired) electrons. The highest BCUT2D eigenvalue weighted by Gasteiger charge is 2.29. The van der Waals surface area contributed by atoms with E-state index in [0.29, 0.717) is 6.54 Å². The van der Waals surface area contributed by atoms with Gasteiger partial charge in [-0.3, -0.25) is 15.2 Å². The molecule has 0 fully saturated rings. The molecule has 3 N–H and O–H groups in total. The highest BCUT2D eigenvalue weighted by Crippen LogP contribution is 2.26. The maximum absolute atomic E-state index is 12.5. The number of aryl methyl sites for hydroxylation is 2. The Labute approximate surface area is 150 Å². The molecule has 1 aromatic carbocycles. The Balaban J connectivity index is 1.31. The summed E-state index contributed by atoms with van der Waals surface area (Å²) in [5.74, 6) is 1.10. The summed E-state index contributed by atoms with van der Waals surface area (Å²) in [5, 5.41) is 13.1. The number of imidazole rings is 1. The summed E-state index contributed by atoms with van der Waals surface area (Å²) >= 11 is 0. The maximum atomic E-state index is 12.5. The monoisotopic (exact) mass is 348 g/mol. The minimum absolute atomic E-state index is 0.0737. The van der Waals surface area contributed by atoms with Crippen molar-refractivity contribution in [1.29, 1.82) is 0 Å². The van der Waals surface area contributed by atoms with Gasteiger partial charge < -0.3 is 9.88 Å². The summed E-state index contributed by atoms with van der Waals surface area (Å²) in [6.45, 7) is 1.69. The number of nitrogens with one attached hydrogen (secondary N) is 3. The Morgan fingerprint density at radius 3 is 2.96 bits per heavy atom. The Hall–Kier alpha value is -2.93. The molecule has 1 amide bonds. The molecule has 7 nitrogen and oxygen atoms in total. The molecule has 132 valence electrons. The zero-order chi connectivity index (χ0) is 17.5. The van der Waals surface area contributed by atoms with E-state index in [4.69, 9.17) is 4.98 Å². The average Bonchev–Trinajstić information content (AvgIpc) is 3.37. The van der Waals surface area contributed by atoms with Gasteiger partial charge in [0.1, 0.15) is 11.9 Å². The standard InChI is InChI=1S/C19H20N6O/c26-19(18-14-9-21-24-15(14)10-20-18)22-13-6-4-12(5-7-13)16-11-25-8-2-1-3-17(25)23-16/h4-7,9,11,18,20H,1-3,8,10H2,(H,21,24)(H,22,26). The van der Waals surface area contributed by atoms with E-state index in [2.05, 4.69) is 31.6 Å². The maximum Gasteiger partial charge on any atom is 0.246 e. The molecule has 0 spiro atoms. The molecule has 0 bridgehead atoms. The zero-order valence-corrected chi connectivity index (χ0v) is 14.3. The Morgan fingerprint density at radius 1 is 1.23 bits per heavy atom. The van der Waals surface area contributed by atoms with Gasteiger partial charge in [0.2, 0.25) is 5.91 Å². The Kier molecular flexibility index (Phi) is 3.60. The highest BCUT2D eigenvalue weighted by molar-refractivity contribution is 5.96. The van der Waals surface area contributed by atoms with Crippen molar-refractivity contribution in [3.8, 4) is 11.3 Å². The second kappa shape index (κ2) is 6.10. The molecular formula is C19H20N6O. The van der Waals surface area contributed by atoms with E-state index in [1.54, 1.807) is 6.20 Å². The summed E-state index contributed by atoms with van der Waals surface area (Å²) in [6, 6.07) is 7.52. The van der Waals surface area contributed by atoms with Crippen LogP contribution in [-0.4, -0.2) is 25.7 Å². The van der Waals surface area contributed by atoms with Crippen molar-refractivity contribution in [1.82, 2.24) is 25.1 Å². The quantitative estimate of drug-likeness (QED) is 0.678. The van der Waals surface area contributed by atoms with Gasteiger partial charge >= 0.3 is 0 Å². The molecule has 0 aliphatic carbocycles. The minimum Gasteiger partial charge on any atom is -0.334 e. The van der Waals surface area contributed by atoms with Gasteiger partial charge in [-0.05, 0) is 25.0 Å². The average molecular weight is 348 g/mol. The van der Waals surface area contributed by atoms with E-state index >= 15 is 0 Å². The van der Waals surface area contributed by atoms with E-state index in [-0.39, 0.29) is 11.9 Å². The lowest BCUT2D eigenvalue weighted by Gasteiger charge is -2.12. The Morgan fingerprint density at radius 2 is 2.12 bits per heavy atom. The summed E-state index contributed by atoms with van der Waals surface area (Å²) in [7, 11) is 0. The van der Waals surface area contributed by atoms with Crippen LogP contribution in [0.1, 0.15) is 36.0 Å². The number of H-pyrrole nitrogens is 1. The number of aromatic nitrogens is 4. The highest BCUT2D eigenvalue weighted by atomic mass is 16.2. The van der Waals surface area contributed by atoms with E-state index in [1.165, 1.54) is 18.7 Å². The number of amides is 1. The normalized spacial score (nSPS) is 18.4. The van der Waals surface area contributed by atoms with Crippen molar-refractivity contribution < 1.29 is 4.79 Å². The molecule has 2 aromatic heterocycles. The number of carbonyl (C=O) groups is 1. The number of hydrogen-bond acceptors (Lipinski definition) is 4. The molecular weight excluding hydrogens is 328 g/mol. The van der Waals surface area contributed by atoms with Crippen LogP contribution in [0.3, 0.4) is 0 Å². The lowest BCUT2D eigenvalue weighted by molar-refractivity contribution is -0.118. The number of benzene rings is 1. The molecule has 2 aliphatic rings. The fourth-order valence-corrected chi connectivity index (χ4v) is 3.75. The number of fused-ring (bicyclic) bond motifs is 2. The zero-order valence-electron chi connectivity index (χ0n) is 14.3. The van der Waals surface area contributed by atoms with Crippen LogP contribution in [-0.2, 0) is 24.3 Å². The largest absolute Gasteiger partial charge is 0.334 e. The topological polar surface area (TPSA) is 87.6 Å². The third-order valence-electron chi connectivity index (χ3n) is 5.16. The van der Waals surface area contributed by atoms with Crippen molar-refractivity contribution in [2.45, 2.75) is 38.4 Å². The SMILES string of the molecule is O=C(Nc1ccc(-c2cn3c(n2)CCCC3)cc1)C1NCc2[nH]ncc21. The molecule has 1 atom stereocenters. The lowest BCUT2D eigenvalue weighted by Crippen LogP contribution is -2.28.